The van der Waals surface area contributed by atoms with Gasteiger partial charge in [0.15, 0.2) is 0 Å². The van der Waals surface area contributed by atoms with E-state index < -0.39 is 0 Å². The third kappa shape index (κ3) is 2.62. The number of hydrogen-bond acceptors (Lipinski definition) is 3. The van der Waals surface area contributed by atoms with Crippen molar-refractivity contribution in [1.82, 2.24) is 20.0 Å². The summed E-state index contributed by atoms with van der Waals surface area (Å²) < 4.78 is 2.03. The molecule has 0 saturated carbocycles. The molecular weight excluding hydrogens is 248 g/mol. The van der Waals surface area contributed by atoms with Gasteiger partial charge in [-0.1, -0.05) is 30.3 Å². The predicted octanol–water partition coefficient (Wildman–Crippen LogP) is 1.70. The Hall–Kier alpha value is -1.65. The summed E-state index contributed by atoms with van der Waals surface area (Å²) >= 11 is 0. The van der Waals surface area contributed by atoms with E-state index in [-0.39, 0.29) is 0 Å². The van der Waals surface area contributed by atoms with Crippen molar-refractivity contribution in [2.45, 2.75) is 26.1 Å². The maximum Gasteiger partial charge on any atom is 0.0685 e. The summed E-state index contributed by atoms with van der Waals surface area (Å²) in [5, 5.41) is 7.91. The molecule has 0 unspecified atom stereocenters. The third-order valence-electron chi connectivity index (χ3n) is 4.00. The van der Waals surface area contributed by atoms with Crippen LogP contribution in [-0.2, 0) is 33.1 Å². The lowest BCUT2D eigenvalue weighted by molar-refractivity contribution is 0.244. The summed E-state index contributed by atoms with van der Waals surface area (Å²) in [7, 11) is 4.04. The molecule has 0 aliphatic carbocycles. The van der Waals surface area contributed by atoms with E-state index in [1.165, 1.54) is 22.5 Å². The normalized spacial score (nSPS) is 15.3. The standard InChI is InChI=1S/C16H22N4/c1-17-10-16-14-12-20(9-8-15(14)18-19(16)2)11-13-6-4-3-5-7-13/h3-7,17H,8-12H2,1-2H3. The zero-order valence-electron chi connectivity index (χ0n) is 12.3. The average molecular weight is 270 g/mol. The minimum absolute atomic E-state index is 0.887. The molecule has 0 radical (unpaired) electrons. The summed E-state index contributed by atoms with van der Waals surface area (Å²) in [6.07, 6.45) is 1.06. The Labute approximate surface area is 120 Å². The molecule has 2 heterocycles. The molecule has 3 rings (SSSR count). The second-order valence-electron chi connectivity index (χ2n) is 5.47. The highest BCUT2D eigenvalue weighted by Gasteiger charge is 2.23. The Bertz CT molecular complexity index is 574. The van der Waals surface area contributed by atoms with Crippen molar-refractivity contribution < 1.29 is 0 Å². The summed E-state index contributed by atoms with van der Waals surface area (Å²) in [5.74, 6) is 0. The average Bonchev–Trinajstić information content (AvgIpc) is 2.77. The molecule has 2 aromatic rings. The van der Waals surface area contributed by atoms with Gasteiger partial charge in [0.25, 0.3) is 0 Å². The Morgan fingerprint density at radius 3 is 2.80 bits per heavy atom. The smallest absolute Gasteiger partial charge is 0.0685 e. The monoisotopic (exact) mass is 270 g/mol. The van der Waals surface area contributed by atoms with Gasteiger partial charge in [-0.25, -0.2) is 0 Å². The molecule has 0 bridgehead atoms. The molecule has 20 heavy (non-hydrogen) atoms. The highest BCUT2D eigenvalue weighted by molar-refractivity contribution is 5.29. The van der Waals surface area contributed by atoms with Crippen molar-refractivity contribution in [2.75, 3.05) is 13.6 Å². The van der Waals surface area contributed by atoms with Crippen LogP contribution < -0.4 is 5.32 Å². The maximum atomic E-state index is 4.66. The molecule has 0 atom stereocenters. The minimum Gasteiger partial charge on any atom is -0.314 e. The fourth-order valence-corrected chi connectivity index (χ4v) is 2.98. The first-order valence-electron chi connectivity index (χ1n) is 7.22. The minimum atomic E-state index is 0.887. The number of aromatic nitrogens is 2. The third-order valence-corrected chi connectivity index (χ3v) is 4.00. The molecule has 1 aliphatic rings. The second kappa shape index (κ2) is 5.77. The van der Waals surface area contributed by atoms with Crippen LogP contribution in [0.2, 0.25) is 0 Å². The van der Waals surface area contributed by atoms with Crippen molar-refractivity contribution >= 4 is 0 Å². The van der Waals surface area contributed by atoms with E-state index in [0.717, 1.165) is 32.6 Å². The molecule has 1 aromatic carbocycles. The molecule has 0 saturated heterocycles. The van der Waals surface area contributed by atoms with Crippen LogP contribution >= 0.6 is 0 Å². The van der Waals surface area contributed by atoms with E-state index in [4.69, 9.17) is 0 Å². The van der Waals surface area contributed by atoms with E-state index in [1.54, 1.807) is 0 Å². The topological polar surface area (TPSA) is 33.1 Å². The van der Waals surface area contributed by atoms with Crippen molar-refractivity contribution in [3.05, 3.63) is 52.8 Å². The second-order valence-corrected chi connectivity index (χ2v) is 5.47. The quantitative estimate of drug-likeness (QED) is 0.918. The number of nitrogens with one attached hydrogen (secondary N) is 1. The van der Waals surface area contributed by atoms with Crippen molar-refractivity contribution in [3.63, 3.8) is 0 Å². The first-order valence-corrected chi connectivity index (χ1v) is 7.22. The molecular formula is C16H22N4. The highest BCUT2D eigenvalue weighted by Crippen LogP contribution is 2.23. The van der Waals surface area contributed by atoms with E-state index >= 15 is 0 Å². The van der Waals surface area contributed by atoms with Gasteiger partial charge in [0.05, 0.1) is 11.4 Å². The molecule has 4 nitrogen and oxygen atoms in total. The molecule has 1 aromatic heterocycles. The van der Waals surface area contributed by atoms with Crippen LogP contribution in [0.4, 0.5) is 0 Å². The highest BCUT2D eigenvalue weighted by atomic mass is 15.3. The molecule has 0 fully saturated rings. The van der Waals surface area contributed by atoms with Crippen molar-refractivity contribution in [3.8, 4) is 0 Å². The molecule has 0 spiro atoms. The van der Waals surface area contributed by atoms with Crippen molar-refractivity contribution in [2.24, 2.45) is 7.05 Å². The number of nitrogens with zero attached hydrogens (tertiary/aromatic N) is 3. The first-order chi connectivity index (χ1) is 9.78. The fraction of sp³-hybridized carbons (Fsp3) is 0.438. The van der Waals surface area contributed by atoms with Gasteiger partial charge in [-0.2, -0.15) is 5.10 Å². The van der Waals surface area contributed by atoms with Crippen LogP contribution in [0.1, 0.15) is 22.5 Å². The number of rotatable bonds is 4. The largest absolute Gasteiger partial charge is 0.314 e. The van der Waals surface area contributed by atoms with Crippen LogP contribution in [0, 0.1) is 0 Å². The lowest BCUT2D eigenvalue weighted by atomic mass is 10.0. The van der Waals surface area contributed by atoms with Crippen LogP contribution in [0.25, 0.3) is 0 Å². The predicted molar refractivity (Wildman–Crippen MR) is 80.2 cm³/mol. The Balaban J connectivity index is 1.77. The number of aryl methyl sites for hydroxylation is 1. The van der Waals surface area contributed by atoms with E-state index in [9.17, 15) is 0 Å². The van der Waals surface area contributed by atoms with Crippen LogP contribution in [-0.4, -0.2) is 28.3 Å². The summed E-state index contributed by atoms with van der Waals surface area (Å²) in [5.41, 5.74) is 5.40. The van der Waals surface area contributed by atoms with Gasteiger partial charge in [-0.05, 0) is 12.6 Å². The van der Waals surface area contributed by atoms with Gasteiger partial charge < -0.3 is 5.32 Å². The number of hydrogen-bond donors (Lipinski definition) is 1. The number of fused-ring (bicyclic) bond motifs is 1. The van der Waals surface area contributed by atoms with Gasteiger partial charge in [-0.3, -0.25) is 9.58 Å². The summed E-state index contributed by atoms with van der Waals surface area (Å²) in [4.78, 5) is 2.51. The van der Waals surface area contributed by atoms with Gasteiger partial charge in [-0.15, -0.1) is 0 Å². The van der Waals surface area contributed by atoms with Crippen LogP contribution in [0.3, 0.4) is 0 Å². The fourth-order valence-electron chi connectivity index (χ4n) is 2.98. The van der Waals surface area contributed by atoms with Crippen LogP contribution in [0.5, 0.6) is 0 Å². The summed E-state index contributed by atoms with van der Waals surface area (Å²) in [6, 6.07) is 10.7. The van der Waals surface area contributed by atoms with E-state index in [2.05, 4.69) is 45.6 Å². The van der Waals surface area contributed by atoms with Gasteiger partial charge in [0, 0.05) is 45.2 Å². The Morgan fingerprint density at radius 2 is 2.05 bits per heavy atom. The Morgan fingerprint density at radius 1 is 1.25 bits per heavy atom. The molecule has 4 heteroatoms. The van der Waals surface area contributed by atoms with Gasteiger partial charge in [0.2, 0.25) is 0 Å². The molecule has 1 aliphatic heterocycles. The Kier molecular flexibility index (Phi) is 3.85. The molecule has 1 N–H and O–H groups in total. The van der Waals surface area contributed by atoms with Gasteiger partial charge >= 0.3 is 0 Å². The number of benzene rings is 1. The zero-order chi connectivity index (χ0) is 13.9. The lowest BCUT2D eigenvalue weighted by Gasteiger charge is -2.26. The molecule has 0 amide bonds. The van der Waals surface area contributed by atoms with Crippen molar-refractivity contribution in [1.29, 1.82) is 0 Å². The first kappa shape index (κ1) is 13.3. The van der Waals surface area contributed by atoms with Gasteiger partial charge in [0.1, 0.15) is 0 Å². The lowest BCUT2D eigenvalue weighted by Crippen LogP contribution is -2.30. The maximum absolute atomic E-state index is 4.66. The van der Waals surface area contributed by atoms with E-state index in [0.29, 0.717) is 0 Å². The van der Waals surface area contributed by atoms with Crippen LogP contribution in [0.15, 0.2) is 30.3 Å². The van der Waals surface area contributed by atoms with E-state index in [1.807, 2.05) is 18.8 Å². The zero-order valence-corrected chi connectivity index (χ0v) is 12.3. The molecule has 106 valence electrons. The summed E-state index contributed by atoms with van der Waals surface area (Å²) in [6.45, 7) is 4.01. The SMILES string of the molecule is CNCc1c2c(nn1C)CCN(Cc1ccccc1)C2.